The van der Waals surface area contributed by atoms with Crippen LogP contribution in [0.5, 0.6) is 0 Å². The molecule has 24 heavy (non-hydrogen) atoms. The van der Waals surface area contributed by atoms with Gasteiger partial charge in [-0.2, -0.15) is 0 Å². The first-order chi connectivity index (χ1) is 11.6. The summed E-state index contributed by atoms with van der Waals surface area (Å²) in [5.74, 6) is 0.889. The second-order valence-corrected chi connectivity index (χ2v) is 7.41. The minimum atomic E-state index is 0.0366. The zero-order valence-corrected chi connectivity index (χ0v) is 14.7. The SMILES string of the molecule is CC(=O)N1CCC(C(=O)N2CCCN(C(=O)C3CCC3)CC2)CC1. The van der Waals surface area contributed by atoms with Crippen LogP contribution in [0, 0.1) is 11.8 Å². The highest BCUT2D eigenvalue weighted by Crippen LogP contribution is 2.28. The van der Waals surface area contributed by atoms with E-state index in [-0.39, 0.29) is 23.7 Å². The van der Waals surface area contributed by atoms with Crippen molar-refractivity contribution < 1.29 is 14.4 Å². The summed E-state index contributed by atoms with van der Waals surface area (Å²) in [6, 6.07) is 0. The summed E-state index contributed by atoms with van der Waals surface area (Å²) in [5.41, 5.74) is 0. The topological polar surface area (TPSA) is 60.9 Å². The van der Waals surface area contributed by atoms with Crippen molar-refractivity contribution in [3.63, 3.8) is 0 Å². The van der Waals surface area contributed by atoms with Gasteiger partial charge in [0.2, 0.25) is 17.7 Å². The Labute approximate surface area is 144 Å². The van der Waals surface area contributed by atoms with E-state index >= 15 is 0 Å². The summed E-state index contributed by atoms with van der Waals surface area (Å²) in [6.45, 7) is 5.82. The molecular formula is C18H29N3O3. The third kappa shape index (κ3) is 3.73. The van der Waals surface area contributed by atoms with Gasteiger partial charge in [-0.3, -0.25) is 14.4 Å². The first-order valence-electron chi connectivity index (χ1n) is 9.39. The lowest BCUT2D eigenvalue weighted by Crippen LogP contribution is -2.45. The van der Waals surface area contributed by atoms with Gasteiger partial charge in [-0.05, 0) is 32.1 Å². The van der Waals surface area contributed by atoms with Crippen LogP contribution < -0.4 is 0 Å². The molecule has 0 atom stereocenters. The van der Waals surface area contributed by atoms with Gasteiger partial charge < -0.3 is 14.7 Å². The Bertz CT molecular complexity index is 496. The quantitative estimate of drug-likeness (QED) is 0.759. The predicted molar refractivity (Wildman–Crippen MR) is 90.1 cm³/mol. The molecule has 0 bridgehead atoms. The molecule has 3 amide bonds. The number of amides is 3. The Kier molecular flexibility index (Phi) is 5.41. The van der Waals surface area contributed by atoms with Crippen LogP contribution in [0.1, 0.15) is 45.4 Å². The third-order valence-corrected chi connectivity index (χ3v) is 5.86. The number of hydrogen-bond donors (Lipinski definition) is 0. The minimum absolute atomic E-state index is 0.0366. The lowest BCUT2D eigenvalue weighted by Gasteiger charge is -2.33. The van der Waals surface area contributed by atoms with Crippen LogP contribution in [0.4, 0.5) is 0 Å². The van der Waals surface area contributed by atoms with Crippen molar-refractivity contribution in [3.8, 4) is 0 Å². The van der Waals surface area contributed by atoms with Crippen LogP contribution in [0.3, 0.4) is 0 Å². The van der Waals surface area contributed by atoms with Gasteiger partial charge in [-0.25, -0.2) is 0 Å². The van der Waals surface area contributed by atoms with Gasteiger partial charge >= 0.3 is 0 Å². The Morgan fingerprint density at radius 3 is 1.54 bits per heavy atom. The molecule has 6 nitrogen and oxygen atoms in total. The lowest BCUT2D eigenvalue weighted by molar-refractivity contribution is -0.141. The molecule has 0 aromatic carbocycles. The summed E-state index contributed by atoms with van der Waals surface area (Å²) in [4.78, 5) is 42.3. The molecule has 0 aromatic heterocycles. The molecule has 3 fully saturated rings. The fraction of sp³-hybridized carbons (Fsp3) is 0.833. The van der Waals surface area contributed by atoms with Crippen LogP contribution in [0.2, 0.25) is 0 Å². The Balaban J connectivity index is 1.49. The van der Waals surface area contributed by atoms with Gasteiger partial charge in [0.1, 0.15) is 0 Å². The van der Waals surface area contributed by atoms with Crippen LogP contribution in [-0.2, 0) is 14.4 Å². The number of hydrogen-bond acceptors (Lipinski definition) is 3. The second-order valence-electron chi connectivity index (χ2n) is 7.41. The number of nitrogens with zero attached hydrogens (tertiary/aromatic N) is 3. The van der Waals surface area contributed by atoms with Crippen molar-refractivity contribution in [2.45, 2.75) is 45.4 Å². The molecule has 0 unspecified atom stereocenters. The highest BCUT2D eigenvalue weighted by atomic mass is 16.2. The number of rotatable bonds is 2. The van der Waals surface area contributed by atoms with Crippen LogP contribution in [0.15, 0.2) is 0 Å². The summed E-state index contributed by atoms with van der Waals surface area (Å²) in [7, 11) is 0. The maximum absolute atomic E-state index is 12.8. The van der Waals surface area contributed by atoms with Crippen LogP contribution in [0.25, 0.3) is 0 Å². The van der Waals surface area contributed by atoms with Crippen molar-refractivity contribution in [2.75, 3.05) is 39.3 Å². The first-order valence-corrected chi connectivity index (χ1v) is 9.39. The van der Waals surface area contributed by atoms with Crippen molar-refractivity contribution in [1.29, 1.82) is 0 Å². The average Bonchev–Trinajstić information content (AvgIpc) is 2.78. The molecule has 0 N–H and O–H groups in total. The van der Waals surface area contributed by atoms with Crippen LogP contribution in [-0.4, -0.2) is 71.7 Å². The predicted octanol–water partition coefficient (Wildman–Crippen LogP) is 1.11. The number of piperidine rings is 1. The van der Waals surface area contributed by atoms with Gasteiger partial charge in [-0.1, -0.05) is 6.42 Å². The number of carbonyl (C=O) groups excluding carboxylic acids is 3. The first kappa shape index (κ1) is 17.2. The maximum atomic E-state index is 12.8. The Hall–Kier alpha value is -1.59. The number of likely N-dealkylation sites (tertiary alicyclic amines) is 1. The molecule has 2 saturated heterocycles. The van der Waals surface area contributed by atoms with Crippen molar-refractivity contribution in [3.05, 3.63) is 0 Å². The molecule has 0 spiro atoms. The van der Waals surface area contributed by atoms with E-state index in [1.165, 1.54) is 6.42 Å². The molecule has 3 rings (SSSR count). The molecule has 2 aliphatic heterocycles. The van der Waals surface area contributed by atoms with Crippen molar-refractivity contribution in [2.24, 2.45) is 11.8 Å². The molecule has 0 radical (unpaired) electrons. The monoisotopic (exact) mass is 335 g/mol. The van der Waals surface area contributed by atoms with Gasteiger partial charge in [0, 0.05) is 58.0 Å². The molecule has 134 valence electrons. The van der Waals surface area contributed by atoms with E-state index in [4.69, 9.17) is 0 Å². The summed E-state index contributed by atoms with van der Waals surface area (Å²) in [6.07, 6.45) is 5.64. The second kappa shape index (κ2) is 7.53. The van der Waals surface area contributed by atoms with Gasteiger partial charge in [0.05, 0.1) is 0 Å². The van der Waals surface area contributed by atoms with E-state index in [0.29, 0.717) is 32.1 Å². The molecule has 3 aliphatic rings. The van der Waals surface area contributed by atoms with Crippen molar-refractivity contribution in [1.82, 2.24) is 14.7 Å². The van der Waals surface area contributed by atoms with Crippen LogP contribution >= 0.6 is 0 Å². The molecule has 1 aliphatic carbocycles. The van der Waals surface area contributed by atoms with E-state index in [1.807, 2.05) is 14.7 Å². The third-order valence-electron chi connectivity index (χ3n) is 5.86. The fourth-order valence-electron chi connectivity index (χ4n) is 3.97. The van der Waals surface area contributed by atoms with E-state index in [9.17, 15) is 14.4 Å². The van der Waals surface area contributed by atoms with E-state index in [1.54, 1.807) is 6.92 Å². The summed E-state index contributed by atoms with van der Waals surface area (Å²) < 4.78 is 0. The highest BCUT2D eigenvalue weighted by Gasteiger charge is 2.33. The van der Waals surface area contributed by atoms with Gasteiger partial charge in [-0.15, -0.1) is 0 Å². The zero-order chi connectivity index (χ0) is 17.1. The lowest BCUT2D eigenvalue weighted by atomic mass is 9.84. The highest BCUT2D eigenvalue weighted by molar-refractivity contribution is 5.81. The zero-order valence-electron chi connectivity index (χ0n) is 14.7. The normalized spacial score (nSPS) is 23.6. The summed E-state index contributed by atoms with van der Waals surface area (Å²) >= 11 is 0. The Morgan fingerprint density at radius 2 is 1.12 bits per heavy atom. The number of carbonyl (C=O) groups is 3. The Morgan fingerprint density at radius 1 is 0.625 bits per heavy atom. The smallest absolute Gasteiger partial charge is 0.225 e. The molecule has 2 heterocycles. The molecule has 1 saturated carbocycles. The van der Waals surface area contributed by atoms with Gasteiger partial charge in [0.25, 0.3) is 0 Å². The van der Waals surface area contributed by atoms with E-state index < -0.39 is 0 Å². The van der Waals surface area contributed by atoms with E-state index in [2.05, 4.69) is 0 Å². The van der Waals surface area contributed by atoms with Crippen molar-refractivity contribution >= 4 is 17.7 Å². The van der Waals surface area contributed by atoms with Gasteiger partial charge in [0.15, 0.2) is 0 Å². The largest absolute Gasteiger partial charge is 0.343 e. The van der Waals surface area contributed by atoms with E-state index in [0.717, 1.165) is 45.2 Å². The average molecular weight is 335 g/mol. The molecule has 0 aromatic rings. The summed E-state index contributed by atoms with van der Waals surface area (Å²) in [5, 5.41) is 0. The fourth-order valence-corrected chi connectivity index (χ4v) is 3.97. The molecular weight excluding hydrogens is 306 g/mol. The maximum Gasteiger partial charge on any atom is 0.225 e. The molecule has 6 heteroatoms. The standard InChI is InChI=1S/C18H29N3O3/c1-14(22)19-10-6-16(7-11-19)18(24)21-9-3-8-20(12-13-21)17(23)15-4-2-5-15/h15-16H,2-13H2,1H3. The minimum Gasteiger partial charge on any atom is -0.343 e.